The fourth-order valence-corrected chi connectivity index (χ4v) is 7.69. The van der Waals surface area contributed by atoms with Crippen LogP contribution >= 0.6 is 0 Å². The number of nitrogens with zero attached hydrogens (tertiary/aromatic N) is 5. The summed E-state index contributed by atoms with van der Waals surface area (Å²) in [5.41, 5.74) is -21.4. The first-order chi connectivity index (χ1) is 35.1. The van der Waals surface area contributed by atoms with Crippen molar-refractivity contribution >= 4 is 33.8 Å². The van der Waals surface area contributed by atoms with Gasteiger partial charge in [0.25, 0.3) is 0 Å². The maximum atomic E-state index is 14.2. The van der Waals surface area contributed by atoms with Crippen LogP contribution in [0, 0.1) is 0 Å². The smallest absolute Gasteiger partial charge is 0.416 e. The van der Waals surface area contributed by atoms with Crippen LogP contribution in [0.1, 0.15) is 54.9 Å². The van der Waals surface area contributed by atoms with E-state index in [1.165, 1.54) is 6.20 Å². The Kier molecular flexibility index (Phi) is 16.7. The molecule has 1 aromatic heterocycles. The van der Waals surface area contributed by atoms with E-state index < -0.39 is 195 Å². The minimum atomic E-state index is -6.13. The summed E-state index contributed by atoms with van der Waals surface area (Å²) >= 11 is 0. The van der Waals surface area contributed by atoms with E-state index in [1.54, 1.807) is 29.1 Å². The summed E-state index contributed by atoms with van der Waals surface area (Å²) in [6.45, 7) is -0.0279. The highest BCUT2D eigenvalue weighted by molar-refractivity contribution is 7.20. The van der Waals surface area contributed by atoms with Crippen LogP contribution in [-0.2, 0) is 56.0 Å². The molecule has 0 amide bonds. The van der Waals surface area contributed by atoms with Gasteiger partial charge in [0, 0.05) is 10.5 Å². The van der Waals surface area contributed by atoms with Gasteiger partial charge >= 0.3 is 55.3 Å². The molecule has 0 aliphatic rings. The van der Waals surface area contributed by atoms with Crippen molar-refractivity contribution in [3.63, 3.8) is 0 Å². The predicted molar refractivity (Wildman–Crippen MR) is 220 cm³/mol. The number of rotatable bonds is 10. The summed E-state index contributed by atoms with van der Waals surface area (Å²) in [6, 6.07) is 0.169. The molecule has 0 aliphatic carbocycles. The normalized spacial score (nSPS) is 13.1. The molecule has 5 aromatic carbocycles. The van der Waals surface area contributed by atoms with Crippen LogP contribution in [-0.4, -0.2) is 23.6 Å². The summed E-state index contributed by atoms with van der Waals surface area (Å²) in [7, 11) is 0. The molecule has 0 fully saturated rings. The predicted octanol–water partition coefficient (Wildman–Crippen LogP) is 13.1. The summed E-state index contributed by atoms with van der Waals surface area (Å²) < 4.78 is 348. The zero-order chi connectivity index (χ0) is 58.1. The van der Waals surface area contributed by atoms with E-state index in [0.717, 1.165) is 0 Å². The average Bonchev–Trinajstić information content (AvgIpc) is 3.30. The SMILES string of the molecule is FC(F)(F)c1cc([B-](c2cc(C(F)(F)F)cc(C(F)(F)F)c2)(c2cc(C(F)(F)F)cc(C(F)(F)F)c2)c2cc(C(F)(F)F)cc(C(F)(F)F)c2)cc(C(F)(F)F)c1.[N-]=[N+]=NCOc1cncc[n+]1CC(=O)c1ccccc1. The van der Waals surface area contributed by atoms with Crippen molar-refractivity contribution in [3.05, 3.63) is 182 Å². The topological polar surface area (TPSA) is 91.8 Å². The number of hydrogen-bond donors (Lipinski definition) is 0. The molecule has 0 saturated heterocycles. The number of aromatic nitrogens is 2. The molecule has 77 heavy (non-hydrogen) atoms. The minimum absolute atomic E-state index is 0.0459. The first-order valence-corrected chi connectivity index (χ1v) is 20.5. The van der Waals surface area contributed by atoms with Crippen LogP contribution in [0.15, 0.2) is 127 Å². The van der Waals surface area contributed by atoms with Crippen molar-refractivity contribution in [2.45, 2.75) is 56.0 Å². The van der Waals surface area contributed by atoms with E-state index >= 15 is 0 Å². The molecule has 32 heteroatoms. The molecular formula is C45H24BF24N5O2. The number of azide groups is 1. The van der Waals surface area contributed by atoms with Crippen molar-refractivity contribution in [2.24, 2.45) is 5.11 Å². The number of hydrogen-bond acceptors (Lipinski definition) is 4. The van der Waals surface area contributed by atoms with E-state index in [1.807, 2.05) is 18.2 Å². The van der Waals surface area contributed by atoms with Gasteiger partial charge in [-0.15, -0.1) is 0 Å². The van der Waals surface area contributed by atoms with Crippen molar-refractivity contribution < 1.29 is 119 Å². The molecule has 0 atom stereocenters. The van der Waals surface area contributed by atoms with Crippen molar-refractivity contribution in [1.82, 2.24) is 4.98 Å². The number of carbonyl (C=O) groups excluding carboxylic acids is 1. The van der Waals surface area contributed by atoms with Gasteiger partial charge < -0.3 is 4.74 Å². The van der Waals surface area contributed by atoms with E-state index in [-0.39, 0.29) is 19.1 Å². The van der Waals surface area contributed by atoms with Gasteiger partial charge in [-0.25, -0.2) is 4.98 Å². The van der Waals surface area contributed by atoms with Gasteiger partial charge in [-0.05, 0) is 29.8 Å². The highest BCUT2D eigenvalue weighted by Gasteiger charge is 2.47. The average molecular weight is 1130 g/mol. The maximum Gasteiger partial charge on any atom is 0.416 e. The van der Waals surface area contributed by atoms with Gasteiger partial charge in [-0.2, -0.15) is 132 Å². The van der Waals surface area contributed by atoms with E-state index in [2.05, 4.69) is 15.0 Å². The Bertz CT molecular complexity index is 2720. The molecule has 412 valence electrons. The Labute approximate surface area is 413 Å². The van der Waals surface area contributed by atoms with E-state index in [4.69, 9.17) is 10.3 Å². The molecular weight excluding hydrogens is 1110 g/mol. The minimum Gasteiger partial charge on any atom is -0.437 e. The lowest BCUT2D eigenvalue weighted by Crippen LogP contribution is -2.75. The fraction of sp³-hybridized carbons (Fsp3) is 0.222. The standard InChI is InChI=1S/C32H12BF24.C13H12N5O2/c34-25(35,36)13-1-14(26(37,38)39)6-21(5-13)33(22-7-15(27(40,41)42)2-16(8-22)28(43,44)45,23-9-17(29(46,47)48)3-18(10-23)30(49,50)51)24-11-19(31(52,53)54)4-20(12-24)32(55,56)57;14-17-16-10-20-13-8-15-6-7-18(13)9-12(19)11-4-2-1-3-5-11/h1-12H;1-8H,9-10H2/q-1;+1. The van der Waals surface area contributed by atoms with Crippen LogP contribution < -0.4 is 31.2 Å². The van der Waals surface area contributed by atoms with Crippen molar-refractivity contribution in [1.29, 1.82) is 0 Å². The molecule has 7 nitrogen and oxygen atoms in total. The lowest BCUT2D eigenvalue weighted by atomic mass is 9.12. The quantitative estimate of drug-likeness (QED) is 0.0260. The molecule has 0 unspecified atom stereocenters. The zero-order valence-electron chi connectivity index (χ0n) is 37.2. The lowest BCUT2D eigenvalue weighted by Gasteiger charge is -2.46. The molecule has 1 heterocycles. The highest BCUT2D eigenvalue weighted by Crippen LogP contribution is 2.41. The third-order valence-corrected chi connectivity index (χ3v) is 11.0. The van der Waals surface area contributed by atoms with E-state index in [0.29, 0.717) is 11.4 Å². The number of Topliss-reactive ketones (excluding diaryl/α,β-unsaturated/α-hetero) is 1. The Balaban J connectivity index is 0.000000455. The van der Waals surface area contributed by atoms with E-state index in [9.17, 15) is 110 Å². The second-order valence-electron chi connectivity index (χ2n) is 16.1. The summed E-state index contributed by atoms with van der Waals surface area (Å²) in [6.07, 6.45) is -50.2. The first kappa shape index (κ1) is 60.2. The van der Waals surface area contributed by atoms with Gasteiger partial charge in [0.1, 0.15) is 12.3 Å². The second kappa shape index (κ2) is 21.4. The number of halogens is 24. The molecule has 0 aliphatic heterocycles. The summed E-state index contributed by atoms with van der Waals surface area (Å²) in [5.74, 6) is 0.319. The lowest BCUT2D eigenvalue weighted by molar-refractivity contribution is -0.689. The Morgan fingerprint density at radius 2 is 0.766 bits per heavy atom. The van der Waals surface area contributed by atoms with Gasteiger partial charge in [-0.1, -0.05) is 84.0 Å². The monoisotopic (exact) mass is 1130 g/mol. The van der Waals surface area contributed by atoms with Gasteiger partial charge in [0.15, 0.2) is 12.9 Å². The molecule has 0 N–H and O–H groups in total. The fourth-order valence-electron chi connectivity index (χ4n) is 7.69. The zero-order valence-corrected chi connectivity index (χ0v) is 37.2. The summed E-state index contributed by atoms with van der Waals surface area (Å²) in [5, 5.41) is 3.28. The molecule has 0 radical (unpaired) electrons. The third kappa shape index (κ3) is 14.4. The van der Waals surface area contributed by atoms with Gasteiger partial charge in [0.2, 0.25) is 12.3 Å². The number of ether oxygens (including phenoxy) is 1. The first-order valence-electron chi connectivity index (χ1n) is 20.5. The van der Waals surface area contributed by atoms with Crippen LogP contribution in [0.3, 0.4) is 0 Å². The van der Waals surface area contributed by atoms with Gasteiger partial charge in [0.05, 0.1) is 50.7 Å². The molecule has 6 rings (SSSR count). The molecule has 0 bridgehead atoms. The Morgan fingerprint density at radius 3 is 1.03 bits per heavy atom. The molecule has 0 saturated carbocycles. The van der Waals surface area contributed by atoms with Crippen LogP contribution in [0.5, 0.6) is 5.88 Å². The highest BCUT2D eigenvalue weighted by atomic mass is 19.4. The third-order valence-electron chi connectivity index (χ3n) is 11.0. The van der Waals surface area contributed by atoms with Crippen LogP contribution in [0.25, 0.3) is 10.4 Å². The van der Waals surface area contributed by atoms with Gasteiger partial charge in [-0.3, -0.25) is 4.79 Å². The van der Waals surface area contributed by atoms with Crippen molar-refractivity contribution in [2.75, 3.05) is 6.73 Å². The number of benzene rings is 5. The second-order valence-corrected chi connectivity index (χ2v) is 16.1. The number of alkyl halides is 24. The number of carbonyl (C=O) groups is 1. The molecule has 6 aromatic rings. The van der Waals surface area contributed by atoms with Crippen molar-refractivity contribution in [3.8, 4) is 5.88 Å². The van der Waals surface area contributed by atoms with Crippen LogP contribution in [0.4, 0.5) is 105 Å². The molecule has 0 spiro atoms. The maximum absolute atomic E-state index is 14.2. The summed E-state index contributed by atoms with van der Waals surface area (Å²) in [4.78, 5) is 18.6. The number of ketones is 1. The largest absolute Gasteiger partial charge is 0.437 e. The Hall–Kier alpha value is -7.66. The Morgan fingerprint density at radius 1 is 0.481 bits per heavy atom. The van der Waals surface area contributed by atoms with Crippen LogP contribution in [0.2, 0.25) is 0 Å².